The Labute approximate surface area is 153 Å². The zero-order valence-corrected chi connectivity index (χ0v) is 15.6. The van der Waals surface area contributed by atoms with Crippen LogP contribution in [0.3, 0.4) is 0 Å². The number of benzene rings is 1. The van der Waals surface area contributed by atoms with Gasteiger partial charge in [-0.25, -0.2) is 9.97 Å². The summed E-state index contributed by atoms with van der Waals surface area (Å²) in [6.07, 6.45) is 2.32. The number of carbonyl (C=O) groups excluding carboxylic acids is 1. The van der Waals surface area contributed by atoms with Gasteiger partial charge in [0.15, 0.2) is 11.5 Å². The maximum atomic E-state index is 12.8. The van der Waals surface area contributed by atoms with Crippen LogP contribution in [0.15, 0.2) is 18.2 Å². The summed E-state index contributed by atoms with van der Waals surface area (Å²) in [6, 6.07) is 5.20. The summed E-state index contributed by atoms with van der Waals surface area (Å²) < 4.78 is 10.6. The van der Waals surface area contributed by atoms with E-state index in [0.717, 1.165) is 43.3 Å². The molecule has 0 aliphatic carbocycles. The van der Waals surface area contributed by atoms with Crippen molar-refractivity contribution in [1.82, 2.24) is 9.97 Å². The highest BCUT2D eigenvalue weighted by atomic mass is 16.5. The molecule has 7 heteroatoms. The average molecular weight is 356 g/mol. The Kier molecular flexibility index (Phi) is 5.25. The second-order valence-electron chi connectivity index (χ2n) is 6.26. The Hall–Kier alpha value is -2.83. The largest absolute Gasteiger partial charge is 0.493 e. The van der Waals surface area contributed by atoms with Crippen LogP contribution in [0.4, 0.5) is 11.6 Å². The molecule has 0 saturated carbocycles. The molecule has 1 aliphatic heterocycles. The molecule has 138 valence electrons. The van der Waals surface area contributed by atoms with Crippen LogP contribution in [0.25, 0.3) is 0 Å². The SMILES string of the molecule is COc1cccc(C(=O)Nc2c(C)nc(N3CCCC3)nc2C)c1OC. The summed E-state index contributed by atoms with van der Waals surface area (Å²) in [4.78, 5) is 24.1. The quantitative estimate of drug-likeness (QED) is 0.888. The summed E-state index contributed by atoms with van der Waals surface area (Å²) in [5.41, 5.74) is 2.52. The van der Waals surface area contributed by atoms with Crippen LogP contribution in [-0.4, -0.2) is 43.2 Å². The number of anilines is 2. The predicted octanol–water partition coefficient (Wildman–Crippen LogP) is 2.96. The van der Waals surface area contributed by atoms with Gasteiger partial charge in [-0.1, -0.05) is 6.07 Å². The van der Waals surface area contributed by atoms with E-state index in [0.29, 0.717) is 22.7 Å². The van der Waals surface area contributed by atoms with Crippen LogP contribution in [0.5, 0.6) is 11.5 Å². The Balaban J connectivity index is 1.88. The third kappa shape index (κ3) is 3.42. The molecule has 0 radical (unpaired) electrons. The molecule has 1 saturated heterocycles. The van der Waals surface area contributed by atoms with E-state index >= 15 is 0 Å². The summed E-state index contributed by atoms with van der Waals surface area (Å²) >= 11 is 0. The van der Waals surface area contributed by atoms with Crippen LogP contribution >= 0.6 is 0 Å². The topological polar surface area (TPSA) is 76.6 Å². The maximum absolute atomic E-state index is 12.8. The van der Waals surface area contributed by atoms with Crippen LogP contribution < -0.4 is 19.7 Å². The highest BCUT2D eigenvalue weighted by molar-refractivity contribution is 6.07. The molecule has 2 aromatic rings. The maximum Gasteiger partial charge on any atom is 0.259 e. The first-order chi connectivity index (χ1) is 12.5. The third-order valence-electron chi connectivity index (χ3n) is 4.53. The molecule has 26 heavy (non-hydrogen) atoms. The molecule has 1 N–H and O–H groups in total. The smallest absolute Gasteiger partial charge is 0.259 e. The number of aryl methyl sites for hydroxylation is 2. The molecule has 1 aromatic carbocycles. The van der Waals surface area contributed by atoms with Crippen molar-refractivity contribution in [2.75, 3.05) is 37.5 Å². The average Bonchev–Trinajstić information content (AvgIpc) is 3.18. The number of para-hydroxylation sites is 1. The minimum Gasteiger partial charge on any atom is -0.493 e. The molecular weight excluding hydrogens is 332 g/mol. The molecule has 1 aromatic heterocycles. The number of rotatable bonds is 5. The van der Waals surface area contributed by atoms with Gasteiger partial charge in [-0.2, -0.15) is 0 Å². The molecule has 1 aliphatic rings. The number of hydrogen-bond donors (Lipinski definition) is 1. The number of ether oxygens (including phenoxy) is 2. The van der Waals surface area contributed by atoms with Gasteiger partial charge in [-0.15, -0.1) is 0 Å². The predicted molar refractivity (Wildman–Crippen MR) is 100 cm³/mol. The molecule has 1 amide bonds. The Morgan fingerprint density at radius 1 is 1.08 bits per heavy atom. The van der Waals surface area contributed by atoms with E-state index in [4.69, 9.17) is 9.47 Å². The zero-order chi connectivity index (χ0) is 18.7. The lowest BCUT2D eigenvalue weighted by Crippen LogP contribution is -2.22. The number of nitrogens with one attached hydrogen (secondary N) is 1. The monoisotopic (exact) mass is 356 g/mol. The van der Waals surface area contributed by atoms with E-state index in [2.05, 4.69) is 20.2 Å². The fourth-order valence-corrected chi connectivity index (χ4v) is 3.18. The number of methoxy groups -OCH3 is 2. The summed E-state index contributed by atoms with van der Waals surface area (Å²) in [5.74, 6) is 1.35. The van der Waals surface area contributed by atoms with Gasteiger partial charge in [0.05, 0.1) is 36.9 Å². The Morgan fingerprint density at radius 2 is 1.73 bits per heavy atom. The number of carbonyl (C=O) groups is 1. The van der Waals surface area contributed by atoms with Gasteiger partial charge in [0, 0.05) is 13.1 Å². The highest BCUT2D eigenvalue weighted by Gasteiger charge is 2.21. The van der Waals surface area contributed by atoms with E-state index in [1.807, 2.05) is 13.8 Å². The van der Waals surface area contributed by atoms with Crippen molar-refractivity contribution >= 4 is 17.5 Å². The summed E-state index contributed by atoms with van der Waals surface area (Å²) in [7, 11) is 3.05. The van der Waals surface area contributed by atoms with Gasteiger partial charge in [-0.3, -0.25) is 4.79 Å². The lowest BCUT2D eigenvalue weighted by atomic mass is 10.1. The van der Waals surface area contributed by atoms with Crippen molar-refractivity contribution in [2.24, 2.45) is 0 Å². The zero-order valence-electron chi connectivity index (χ0n) is 15.6. The molecule has 0 unspecified atom stereocenters. The number of hydrogen-bond acceptors (Lipinski definition) is 6. The van der Waals surface area contributed by atoms with Crippen LogP contribution in [0.2, 0.25) is 0 Å². The Morgan fingerprint density at radius 3 is 2.31 bits per heavy atom. The molecule has 3 rings (SSSR count). The fraction of sp³-hybridized carbons (Fsp3) is 0.421. The van der Waals surface area contributed by atoms with Gasteiger partial charge in [0.2, 0.25) is 5.95 Å². The van der Waals surface area contributed by atoms with Crippen LogP contribution in [0.1, 0.15) is 34.6 Å². The van der Waals surface area contributed by atoms with E-state index in [-0.39, 0.29) is 5.91 Å². The van der Waals surface area contributed by atoms with E-state index in [9.17, 15) is 4.79 Å². The second-order valence-corrected chi connectivity index (χ2v) is 6.26. The summed E-state index contributed by atoms with van der Waals surface area (Å²) in [5, 5.41) is 2.92. The van der Waals surface area contributed by atoms with Gasteiger partial charge >= 0.3 is 0 Å². The number of aromatic nitrogens is 2. The standard InChI is InChI=1S/C19H24N4O3/c1-12-16(13(2)21-19(20-12)23-10-5-6-11-23)22-18(24)14-8-7-9-15(25-3)17(14)26-4/h7-9H,5-6,10-11H2,1-4H3,(H,22,24). The van der Waals surface area contributed by atoms with E-state index < -0.39 is 0 Å². The minimum atomic E-state index is -0.288. The van der Waals surface area contributed by atoms with Crippen LogP contribution in [-0.2, 0) is 0 Å². The molecular formula is C19H24N4O3. The van der Waals surface area contributed by atoms with E-state index in [1.165, 1.54) is 7.11 Å². The first kappa shape index (κ1) is 18.0. The van der Waals surface area contributed by atoms with Crippen molar-refractivity contribution in [3.05, 3.63) is 35.2 Å². The molecule has 0 bridgehead atoms. The first-order valence-electron chi connectivity index (χ1n) is 8.67. The molecule has 0 spiro atoms. The molecule has 0 atom stereocenters. The van der Waals surface area contributed by atoms with Crippen LogP contribution in [0, 0.1) is 13.8 Å². The van der Waals surface area contributed by atoms with Crippen molar-refractivity contribution in [2.45, 2.75) is 26.7 Å². The lowest BCUT2D eigenvalue weighted by Gasteiger charge is -2.19. The fourth-order valence-electron chi connectivity index (χ4n) is 3.18. The summed E-state index contributed by atoms with van der Waals surface area (Å²) in [6.45, 7) is 5.72. The van der Waals surface area contributed by atoms with E-state index in [1.54, 1.807) is 25.3 Å². The lowest BCUT2D eigenvalue weighted by molar-refractivity contribution is 0.102. The molecule has 2 heterocycles. The van der Waals surface area contributed by atoms with Crippen molar-refractivity contribution < 1.29 is 14.3 Å². The molecule has 7 nitrogen and oxygen atoms in total. The normalized spacial score (nSPS) is 13.6. The first-order valence-corrected chi connectivity index (χ1v) is 8.67. The van der Waals surface area contributed by atoms with Crippen molar-refractivity contribution in [1.29, 1.82) is 0 Å². The highest BCUT2D eigenvalue weighted by Crippen LogP contribution is 2.32. The van der Waals surface area contributed by atoms with Crippen molar-refractivity contribution in [3.8, 4) is 11.5 Å². The third-order valence-corrected chi connectivity index (χ3v) is 4.53. The number of nitrogens with zero attached hydrogens (tertiary/aromatic N) is 3. The van der Waals surface area contributed by atoms with Gasteiger partial charge < -0.3 is 19.7 Å². The molecule has 1 fully saturated rings. The van der Waals surface area contributed by atoms with Gasteiger partial charge in [0.25, 0.3) is 5.91 Å². The second kappa shape index (κ2) is 7.59. The van der Waals surface area contributed by atoms with Crippen molar-refractivity contribution in [3.63, 3.8) is 0 Å². The Bertz CT molecular complexity index is 793. The number of amides is 1. The van der Waals surface area contributed by atoms with Gasteiger partial charge in [0.1, 0.15) is 0 Å². The van der Waals surface area contributed by atoms with Gasteiger partial charge in [-0.05, 0) is 38.8 Å². The minimum absolute atomic E-state index is 0.288.